The van der Waals surface area contributed by atoms with Crippen molar-refractivity contribution in [2.24, 2.45) is 5.92 Å². The van der Waals surface area contributed by atoms with Gasteiger partial charge in [0.25, 0.3) is 5.91 Å². The summed E-state index contributed by atoms with van der Waals surface area (Å²) in [7, 11) is 0. The molecule has 1 aromatic carbocycles. The summed E-state index contributed by atoms with van der Waals surface area (Å²) < 4.78 is 10.8. The van der Waals surface area contributed by atoms with Crippen LogP contribution in [0.3, 0.4) is 0 Å². The van der Waals surface area contributed by atoms with Gasteiger partial charge in [-0.1, -0.05) is 25.8 Å². The largest absolute Gasteiger partial charge is 0.454 e. The second kappa shape index (κ2) is 7.74. The normalized spacial score (nSPS) is 29.6. The lowest BCUT2D eigenvalue weighted by atomic mass is 9.73. The summed E-state index contributed by atoms with van der Waals surface area (Å²) in [4.78, 5) is 31.8. The van der Waals surface area contributed by atoms with E-state index in [0.717, 1.165) is 69.9 Å². The first-order valence-corrected chi connectivity index (χ1v) is 11.0. The quantitative estimate of drug-likeness (QED) is 0.760. The second-order valence-corrected chi connectivity index (χ2v) is 9.00. The Hall–Kier alpha value is -2.32. The van der Waals surface area contributed by atoms with Crippen molar-refractivity contribution in [3.63, 3.8) is 0 Å². The highest BCUT2D eigenvalue weighted by atomic mass is 16.7. The number of ether oxygens (including phenoxy) is 2. The lowest BCUT2D eigenvalue weighted by Gasteiger charge is -2.38. The van der Waals surface area contributed by atoms with Crippen LogP contribution in [0.25, 0.3) is 0 Å². The van der Waals surface area contributed by atoms with Crippen LogP contribution in [0.2, 0.25) is 0 Å². The number of urea groups is 1. The van der Waals surface area contributed by atoms with Crippen molar-refractivity contribution < 1.29 is 19.1 Å². The van der Waals surface area contributed by atoms with Crippen molar-refractivity contribution in [2.45, 2.75) is 44.7 Å². The van der Waals surface area contributed by atoms with Crippen LogP contribution in [0.5, 0.6) is 11.5 Å². The number of carbonyl (C=O) groups is 2. The SMILES string of the molecule is C[C@H]1CCCC[C@@]12NC(=O)N(CN1CCN(Cc3ccc4c(c3)OCO4)CC1)C2=O. The maximum atomic E-state index is 13.2. The number of benzene rings is 1. The highest BCUT2D eigenvalue weighted by Crippen LogP contribution is 2.38. The smallest absolute Gasteiger partial charge is 0.326 e. The number of rotatable bonds is 4. The second-order valence-electron chi connectivity index (χ2n) is 9.00. The molecule has 162 valence electrons. The predicted molar refractivity (Wildman–Crippen MR) is 110 cm³/mol. The van der Waals surface area contributed by atoms with E-state index in [1.54, 1.807) is 0 Å². The molecule has 0 bridgehead atoms. The molecule has 3 aliphatic heterocycles. The number of carbonyl (C=O) groups excluding carboxylic acids is 2. The lowest BCUT2D eigenvalue weighted by molar-refractivity contribution is -0.136. The van der Waals surface area contributed by atoms with Gasteiger partial charge in [0, 0.05) is 32.7 Å². The average Bonchev–Trinajstić information content (AvgIpc) is 3.30. The molecule has 2 saturated heterocycles. The Morgan fingerprint density at radius 1 is 1.07 bits per heavy atom. The van der Waals surface area contributed by atoms with E-state index in [-0.39, 0.29) is 17.9 Å². The van der Waals surface area contributed by atoms with Gasteiger partial charge >= 0.3 is 6.03 Å². The van der Waals surface area contributed by atoms with E-state index in [9.17, 15) is 9.59 Å². The van der Waals surface area contributed by atoms with Crippen molar-refractivity contribution in [2.75, 3.05) is 39.6 Å². The van der Waals surface area contributed by atoms with Gasteiger partial charge in [-0.3, -0.25) is 14.6 Å². The summed E-state index contributed by atoms with van der Waals surface area (Å²) in [5.74, 6) is 1.80. The minimum Gasteiger partial charge on any atom is -0.454 e. The molecule has 1 saturated carbocycles. The molecular formula is C22H30N4O4. The molecule has 3 heterocycles. The van der Waals surface area contributed by atoms with Gasteiger partial charge in [-0.05, 0) is 36.5 Å². The van der Waals surface area contributed by atoms with Crippen LogP contribution >= 0.6 is 0 Å². The van der Waals surface area contributed by atoms with Crippen LogP contribution in [0, 0.1) is 5.92 Å². The standard InChI is InChI=1S/C22H30N4O4/c1-16-4-2-3-7-22(16)20(27)26(21(28)23-22)14-25-10-8-24(9-11-25)13-17-5-6-18-19(12-17)30-15-29-18/h5-6,12,16H,2-4,7-11,13-15H2,1H3,(H,23,28)/t16-,22+/m0/s1. The van der Waals surface area contributed by atoms with Gasteiger partial charge in [-0.2, -0.15) is 0 Å². The summed E-state index contributed by atoms with van der Waals surface area (Å²) in [6, 6.07) is 5.87. The van der Waals surface area contributed by atoms with E-state index in [1.165, 1.54) is 10.5 Å². The van der Waals surface area contributed by atoms with E-state index in [2.05, 4.69) is 28.1 Å². The first-order valence-electron chi connectivity index (χ1n) is 11.0. The number of imide groups is 1. The molecule has 30 heavy (non-hydrogen) atoms. The number of piperazine rings is 1. The van der Waals surface area contributed by atoms with Gasteiger partial charge in [-0.15, -0.1) is 0 Å². The molecule has 4 aliphatic rings. The first kappa shape index (κ1) is 19.6. The Kier molecular flexibility index (Phi) is 5.06. The highest BCUT2D eigenvalue weighted by molar-refractivity contribution is 6.07. The van der Waals surface area contributed by atoms with Crippen LogP contribution < -0.4 is 14.8 Å². The van der Waals surface area contributed by atoms with E-state index in [4.69, 9.17) is 9.47 Å². The summed E-state index contributed by atoms with van der Waals surface area (Å²) in [5.41, 5.74) is 0.534. The van der Waals surface area contributed by atoms with Crippen molar-refractivity contribution >= 4 is 11.9 Å². The van der Waals surface area contributed by atoms with Crippen LogP contribution in [-0.2, 0) is 11.3 Å². The summed E-state index contributed by atoms with van der Waals surface area (Å²) >= 11 is 0. The van der Waals surface area contributed by atoms with Gasteiger partial charge in [0.1, 0.15) is 5.54 Å². The minimum atomic E-state index is -0.670. The van der Waals surface area contributed by atoms with E-state index < -0.39 is 5.54 Å². The molecule has 3 amide bonds. The van der Waals surface area contributed by atoms with Crippen molar-refractivity contribution in [1.29, 1.82) is 0 Å². The monoisotopic (exact) mass is 414 g/mol. The Morgan fingerprint density at radius 2 is 1.83 bits per heavy atom. The third-order valence-corrected chi connectivity index (χ3v) is 7.15. The number of hydrogen-bond donors (Lipinski definition) is 1. The Morgan fingerprint density at radius 3 is 2.63 bits per heavy atom. The van der Waals surface area contributed by atoms with Crippen LogP contribution in [0.15, 0.2) is 18.2 Å². The Balaban J connectivity index is 1.15. The molecule has 1 N–H and O–H groups in total. The third-order valence-electron chi connectivity index (χ3n) is 7.15. The zero-order valence-corrected chi connectivity index (χ0v) is 17.6. The van der Waals surface area contributed by atoms with Gasteiger partial charge in [-0.25, -0.2) is 9.69 Å². The van der Waals surface area contributed by atoms with Crippen LogP contribution in [0.4, 0.5) is 4.79 Å². The zero-order chi connectivity index (χ0) is 20.7. The third kappa shape index (κ3) is 3.41. The Bertz CT molecular complexity index is 838. The molecule has 3 fully saturated rings. The maximum absolute atomic E-state index is 13.2. The lowest BCUT2D eigenvalue weighted by Crippen LogP contribution is -2.55. The molecule has 1 aromatic rings. The summed E-state index contributed by atoms with van der Waals surface area (Å²) in [5, 5.41) is 3.05. The van der Waals surface area contributed by atoms with E-state index in [0.29, 0.717) is 13.5 Å². The minimum absolute atomic E-state index is 0.0255. The predicted octanol–water partition coefficient (Wildman–Crippen LogP) is 1.99. The zero-order valence-electron chi connectivity index (χ0n) is 17.6. The maximum Gasteiger partial charge on any atom is 0.326 e. The van der Waals surface area contributed by atoms with Gasteiger partial charge < -0.3 is 14.8 Å². The number of nitrogens with zero attached hydrogens (tertiary/aromatic N) is 3. The average molecular weight is 415 g/mol. The number of amides is 3. The number of fused-ring (bicyclic) bond motifs is 1. The van der Waals surface area contributed by atoms with Crippen molar-refractivity contribution in [1.82, 2.24) is 20.0 Å². The van der Waals surface area contributed by atoms with Crippen molar-refractivity contribution in [3.8, 4) is 11.5 Å². The number of nitrogens with one attached hydrogen (secondary N) is 1. The molecule has 0 unspecified atom stereocenters. The van der Waals surface area contributed by atoms with Gasteiger partial charge in [0.05, 0.1) is 6.67 Å². The van der Waals surface area contributed by atoms with E-state index >= 15 is 0 Å². The Labute approximate surface area is 177 Å². The fourth-order valence-electron chi connectivity index (χ4n) is 5.21. The molecule has 1 spiro atoms. The fourth-order valence-corrected chi connectivity index (χ4v) is 5.21. The molecular weight excluding hydrogens is 384 g/mol. The van der Waals surface area contributed by atoms with Gasteiger partial charge in [0.2, 0.25) is 6.79 Å². The molecule has 8 heteroatoms. The van der Waals surface area contributed by atoms with Crippen LogP contribution in [-0.4, -0.2) is 71.8 Å². The van der Waals surface area contributed by atoms with Gasteiger partial charge in [0.15, 0.2) is 11.5 Å². The molecule has 0 radical (unpaired) electrons. The topological polar surface area (TPSA) is 74.4 Å². The highest BCUT2D eigenvalue weighted by Gasteiger charge is 2.55. The molecule has 1 aliphatic carbocycles. The first-order chi connectivity index (χ1) is 14.5. The van der Waals surface area contributed by atoms with E-state index in [1.807, 2.05) is 12.1 Å². The fraction of sp³-hybridized carbons (Fsp3) is 0.636. The molecule has 2 atom stereocenters. The van der Waals surface area contributed by atoms with Crippen LogP contribution in [0.1, 0.15) is 38.2 Å². The summed E-state index contributed by atoms with van der Waals surface area (Å²) in [6.45, 7) is 7.11. The summed E-state index contributed by atoms with van der Waals surface area (Å²) in [6.07, 6.45) is 3.90. The molecule has 5 rings (SSSR count). The molecule has 0 aromatic heterocycles. The van der Waals surface area contributed by atoms with Crippen molar-refractivity contribution in [3.05, 3.63) is 23.8 Å². The number of hydrogen-bond acceptors (Lipinski definition) is 6. The molecule has 8 nitrogen and oxygen atoms in total.